The molecule has 0 aliphatic carbocycles. The molecule has 0 unspecified atom stereocenters. The van der Waals surface area contributed by atoms with Crippen LogP contribution in [0.15, 0.2) is 18.2 Å². The van der Waals surface area contributed by atoms with Crippen LogP contribution in [0.2, 0.25) is 0 Å². The van der Waals surface area contributed by atoms with Gasteiger partial charge in [-0.2, -0.15) is 0 Å². The van der Waals surface area contributed by atoms with Crippen LogP contribution in [0, 0.1) is 6.92 Å². The van der Waals surface area contributed by atoms with E-state index in [9.17, 15) is 19.5 Å². The molecule has 0 saturated heterocycles. The molecule has 0 atom stereocenters. The van der Waals surface area contributed by atoms with Crippen LogP contribution in [-0.2, 0) is 9.53 Å². The molecule has 96 valence electrons. The van der Waals surface area contributed by atoms with Crippen LogP contribution >= 0.6 is 0 Å². The zero-order chi connectivity index (χ0) is 13.7. The van der Waals surface area contributed by atoms with Crippen LogP contribution in [0.1, 0.15) is 15.9 Å². The minimum Gasteiger partial charge on any atom is -0.507 e. The van der Waals surface area contributed by atoms with E-state index in [-0.39, 0.29) is 11.3 Å². The summed E-state index contributed by atoms with van der Waals surface area (Å²) in [6, 6.07) is 3.34. The summed E-state index contributed by atoms with van der Waals surface area (Å²) in [5.41, 5.74) is 5.41. The molecule has 0 saturated carbocycles. The van der Waals surface area contributed by atoms with Crippen LogP contribution in [-0.4, -0.2) is 29.6 Å². The number of urea groups is 1. The Hall–Kier alpha value is -2.57. The molecule has 0 aromatic heterocycles. The summed E-state index contributed by atoms with van der Waals surface area (Å²) in [6.45, 7) is 1.09. The molecular formula is C11H12N2O5. The van der Waals surface area contributed by atoms with Gasteiger partial charge in [0.05, 0.1) is 0 Å². The maximum atomic E-state index is 11.5. The zero-order valence-corrected chi connectivity index (χ0v) is 9.60. The number of carbonyl (C=O) groups excluding carboxylic acids is 3. The number of benzene rings is 1. The zero-order valence-electron chi connectivity index (χ0n) is 9.60. The highest BCUT2D eigenvalue weighted by Crippen LogP contribution is 2.19. The Kier molecular flexibility index (Phi) is 4.25. The molecular weight excluding hydrogens is 240 g/mol. The molecule has 0 bridgehead atoms. The molecule has 18 heavy (non-hydrogen) atoms. The first-order valence-electron chi connectivity index (χ1n) is 4.96. The molecule has 7 nitrogen and oxygen atoms in total. The third-order valence-electron chi connectivity index (χ3n) is 1.97. The number of imide groups is 1. The molecule has 0 aliphatic rings. The predicted octanol–water partition coefficient (Wildman–Crippen LogP) is 0.0523. The Morgan fingerprint density at radius 3 is 2.61 bits per heavy atom. The van der Waals surface area contributed by atoms with Crippen molar-refractivity contribution in [2.24, 2.45) is 5.73 Å². The third-order valence-corrected chi connectivity index (χ3v) is 1.97. The summed E-state index contributed by atoms with van der Waals surface area (Å²) in [6.07, 6.45) is 0. The van der Waals surface area contributed by atoms with Gasteiger partial charge in [0.1, 0.15) is 11.3 Å². The van der Waals surface area contributed by atoms with Gasteiger partial charge in [0.2, 0.25) is 0 Å². The van der Waals surface area contributed by atoms with Gasteiger partial charge < -0.3 is 15.6 Å². The Labute approximate surface area is 103 Å². The van der Waals surface area contributed by atoms with Crippen molar-refractivity contribution in [1.82, 2.24) is 5.32 Å². The standard InChI is InChI=1S/C11H12N2O5/c1-6-2-3-7(8(14)4-6)10(16)18-5-9(15)13-11(12)17/h2-4,14H,5H2,1H3,(H3,12,13,15,17). The van der Waals surface area contributed by atoms with E-state index in [0.717, 1.165) is 5.56 Å². The average Bonchev–Trinajstić information content (AvgIpc) is 2.25. The van der Waals surface area contributed by atoms with Gasteiger partial charge in [-0.25, -0.2) is 9.59 Å². The first-order chi connectivity index (χ1) is 8.40. The number of hydrogen-bond donors (Lipinski definition) is 3. The van der Waals surface area contributed by atoms with E-state index in [1.54, 1.807) is 18.3 Å². The lowest BCUT2D eigenvalue weighted by Crippen LogP contribution is -2.37. The van der Waals surface area contributed by atoms with Crippen molar-refractivity contribution in [2.45, 2.75) is 6.92 Å². The minimum absolute atomic E-state index is 0.0625. The summed E-state index contributed by atoms with van der Waals surface area (Å²) < 4.78 is 4.59. The van der Waals surface area contributed by atoms with Crippen molar-refractivity contribution in [3.8, 4) is 5.75 Å². The topological polar surface area (TPSA) is 119 Å². The number of ether oxygens (including phenoxy) is 1. The molecule has 0 heterocycles. The van der Waals surface area contributed by atoms with Crippen molar-refractivity contribution in [3.05, 3.63) is 29.3 Å². The SMILES string of the molecule is Cc1ccc(C(=O)OCC(=O)NC(N)=O)c(O)c1. The molecule has 0 fully saturated rings. The fourth-order valence-electron chi connectivity index (χ4n) is 1.20. The van der Waals surface area contributed by atoms with Crippen molar-refractivity contribution >= 4 is 17.9 Å². The average molecular weight is 252 g/mol. The number of carbonyl (C=O) groups is 3. The highest BCUT2D eigenvalue weighted by Gasteiger charge is 2.14. The summed E-state index contributed by atoms with van der Waals surface area (Å²) in [4.78, 5) is 32.8. The van der Waals surface area contributed by atoms with Gasteiger partial charge in [-0.3, -0.25) is 10.1 Å². The van der Waals surface area contributed by atoms with Gasteiger partial charge in [-0.15, -0.1) is 0 Å². The Bertz CT molecular complexity index is 498. The highest BCUT2D eigenvalue weighted by atomic mass is 16.5. The molecule has 4 N–H and O–H groups in total. The predicted molar refractivity (Wildman–Crippen MR) is 60.9 cm³/mol. The molecule has 0 spiro atoms. The summed E-state index contributed by atoms with van der Waals surface area (Å²) >= 11 is 0. The van der Waals surface area contributed by atoms with Crippen LogP contribution in [0.25, 0.3) is 0 Å². The number of aromatic hydroxyl groups is 1. The lowest BCUT2D eigenvalue weighted by atomic mass is 10.1. The monoisotopic (exact) mass is 252 g/mol. The highest BCUT2D eigenvalue weighted by molar-refractivity contribution is 5.97. The fourth-order valence-corrected chi connectivity index (χ4v) is 1.20. The summed E-state index contributed by atoms with van der Waals surface area (Å²) in [7, 11) is 0. The van der Waals surface area contributed by atoms with E-state index in [1.807, 2.05) is 0 Å². The van der Waals surface area contributed by atoms with Crippen molar-refractivity contribution in [1.29, 1.82) is 0 Å². The van der Waals surface area contributed by atoms with E-state index in [4.69, 9.17) is 5.73 Å². The van der Waals surface area contributed by atoms with Gasteiger partial charge >= 0.3 is 12.0 Å². The van der Waals surface area contributed by atoms with Crippen LogP contribution in [0.5, 0.6) is 5.75 Å². The van der Waals surface area contributed by atoms with Crippen molar-refractivity contribution < 1.29 is 24.2 Å². The molecule has 3 amide bonds. The van der Waals surface area contributed by atoms with E-state index >= 15 is 0 Å². The number of aryl methyl sites for hydroxylation is 1. The van der Waals surface area contributed by atoms with Gasteiger partial charge in [0.15, 0.2) is 6.61 Å². The normalized spacial score (nSPS) is 9.61. The molecule has 1 aromatic carbocycles. The second kappa shape index (κ2) is 5.67. The summed E-state index contributed by atoms with van der Waals surface area (Å²) in [5.74, 6) is -1.95. The first kappa shape index (κ1) is 13.5. The maximum Gasteiger partial charge on any atom is 0.342 e. The smallest absolute Gasteiger partial charge is 0.342 e. The summed E-state index contributed by atoms with van der Waals surface area (Å²) in [5, 5.41) is 11.2. The second-order valence-electron chi connectivity index (χ2n) is 3.51. The van der Waals surface area contributed by atoms with Gasteiger partial charge in [0.25, 0.3) is 5.91 Å². The number of esters is 1. The van der Waals surface area contributed by atoms with Crippen LogP contribution in [0.4, 0.5) is 4.79 Å². The number of amides is 3. The van der Waals surface area contributed by atoms with E-state index in [0.29, 0.717) is 0 Å². The van der Waals surface area contributed by atoms with Crippen molar-refractivity contribution in [3.63, 3.8) is 0 Å². The van der Waals surface area contributed by atoms with Gasteiger partial charge in [-0.1, -0.05) is 6.07 Å². The van der Waals surface area contributed by atoms with E-state index in [2.05, 4.69) is 4.74 Å². The Morgan fingerprint density at radius 2 is 2.06 bits per heavy atom. The van der Waals surface area contributed by atoms with Gasteiger partial charge in [0, 0.05) is 0 Å². The van der Waals surface area contributed by atoms with Crippen LogP contribution in [0.3, 0.4) is 0 Å². The maximum absolute atomic E-state index is 11.5. The molecule has 1 aromatic rings. The molecule has 0 aliphatic heterocycles. The largest absolute Gasteiger partial charge is 0.507 e. The Morgan fingerprint density at radius 1 is 1.39 bits per heavy atom. The first-order valence-corrected chi connectivity index (χ1v) is 4.96. The molecule has 0 radical (unpaired) electrons. The van der Waals surface area contributed by atoms with Gasteiger partial charge in [-0.05, 0) is 24.6 Å². The minimum atomic E-state index is -1.03. The number of nitrogens with one attached hydrogen (secondary N) is 1. The molecule has 1 rings (SSSR count). The molecule has 7 heteroatoms. The number of phenolic OH excluding ortho intramolecular Hbond substituents is 1. The van der Waals surface area contributed by atoms with E-state index in [1.165, 1.54) is 12.1 Å². The van der Waals surface area contributed by atoms with Crippen LogP contribution < -0.4 is 11.1 Å². The number of hydrogen-bond acceptors (Lipinski definition) is 5. The van der Waals surface area contributed by atoms with E-state index < -0.39 is 24.5 Å². The number of primary amides is 1. The third kappa shape index (κ3) is 3.78. The number of nitrogens with two attached hydrogens (primary N) is 1. The number of rotatable bonds is 3. The second-order valence-corrected chi connectivity index (χ2v) is 3.51. The lowest BCUT2D eigenvalue weighted by Gasteiger charge is -2.06. The lowest BCUT2D eigenvalue weighted by molar-refractivity contribution is -0.123. The van der Waals surface area contributed by atoms with Crippen molar-refractivity contribution in [2.75, 3.05) is 6.61 Å². The quantitative estimate of drug-likeness (QED) is 0.657. The number of phenols is 1. The Balaban J connectivity index is 2.60. The fraction of sp³-hybridized carbons (Fsp3) is 0.182.